The maximum absolute atomic E-state index is 8.78. The summed E-state index contributed by atoms with van der Waals surface area (Å²) >= 11 is 5.40. The summed E-state index contributed by atoms with van der Waals surface area (Å²) < 4.78 is 0. The molecule has 1 aliphatic rings. The van der Waals surface area contributed by atoms with E-state index in [-0.39, 0.29) is 6.17 Å². The molecule has 4 nitrogen and oxygen atoms in total. The summed E-state index contributed by atoms with van der Waals surface area (Å²) in [5.74, 6) is 0. The summed E-state index contributed by atoms with van der Waals surface area (Å²) in [6, 6.07) is 2.20. The first-order chi connectivity index (χ1) is 7.57. The van der Waals surface area contributed by atoms with E-state index in [1.165, 1.54) is 0 Å². The van der Waals surface area contributed by atoms with Crippen molar-refractivity contribution < 1.29 is 0 Å². The Morgan fingerprint density at radius 2 is 2.44 bits per heavy atom. The maximum Gasteiger partial charge on any atom is 0.107 e. The third-order valence-electron chi connectivity index (χ3n) is 2.81. The Bertz CT molecular complexity index is 340. The van der Waals surface area contributed by atoms with Gasteiger partial charge in [0.05, 0.1) is 18.7 Å². The van der Waals surface area contributed by atoms with Crippen LogP contribution in [0.25, 0.3) is 0 Å². The predicted octanol–water partition coefficient (Wildman–Crippen LogP) is 0.754. The maximum atomic E-state index is 8.78. The van der Waals surface area contributed by atoms with Crippen LogP contribution in [0, 0.1) is 11.3 Å². The molecule has 0 aromatic heterocycles. The number of hydrogen-bond donors (Lipinski definition) is 2. The Balaban J connectivity index is 2.90. The molecule has 88 valence electrons. The molecule has 0 saturated carbocycles. The standard InChI is InChI=1S/C11H18N4S/c1-8(13)15(2)11(16)10-7-14-6-4-9(10)3-5-12/h8,14H,3-4,6-7,13H2,1-2H3. The molecule has 1 unspecified atom stereocenters. The number of nitriles is 1. The number of nitrogens with one attached hydrogen (secondary N) is 1. The smallest absolute Gasteiger partial charge is 0.107 e. The van der Waals surface area contributed by atoms with E-state index in [0.717, 1.165) is 35.6 Å². The van der Waals surface area contributed by atoms with E-state index < -0.39 is 0 Å². The molecule has 0 aliphatic carbocycles. The number of likely N-dealkylation sites (N-methyl/N-ethyl adjacent to an activating group) is 1. The van der Waals surface area contributed by atoms with Gasteiger partial charge in [0.1, 0.15) is 4.99 Å². The lowest BCUT2D eigenvalue weighted by atomic mass is 9.98. The van der Waals surface area contributed by atoms with E-state index in [1.807, 2.05) is 18.9 Å². The highest BCUT2D eigenvalue weighted by molar-refractivity contribution is 7.80. The average molecular weight is 238 g/mol. The predicted molar refractivity (Wildman–Crippen MR) is 68.8 cm³/mol. The minimum absolute atomic E-state index is 0.106. The van der Waals surface area contributed by atoms with Crippen LogP contribution in [0.2, 0.25) is 0 Å². The summed E-state index contributed by atoms with van der Waals surface area (Å²) in [4.78, 5) is 2.63. The van der Waals surface area contributed by atoms with Crippen molar-refractivity contribution in [3.05, 3.63) is 11.1 Å². The summed E-state index contributed by atoms with van der Waals surface area (Å²) in [6.45, 7) is 3.56. The lowest BCUT2D eigenvalue weighted by molar-refractivity contribution is 0.405. The molecule has 1 atom stereocenters. The third-order valence-corrected chi connectivity index (χ3v) is 3.35. The van der Waals surface area contributed by atoms with Crippen molar-refractivity contribution in [2.45, 2.75) is 25.9 Å². The van der Waals surface area contributed by atoms with Crippen molar-refractivity contribution in [3.8, 4) is 6.07 Å². The molecular formula is C11H18N4S. The van der Waals surface area contributed by atoms with Crippen LogP contribution >= 0.6 is 12.2 Å². The molecule has 5 heteroatoms. The molecule has 1 rings (SSSR count). The molecule has 3 N–H and O–H groups in total. The molecule has 0 radical (unpaired) electrons. The molecular weight excluding hydrogens is 220 g/mol. The molecule has 16 heavy (non-hydrogen) atoms. The second kappa shape index (κ2) is 5.94. The SMILES string of the molecule is CC(N)N(C)C(=S)C1=C(CC#N)CCNC1. The van der Waals surface area contributed by atoms with E-state index in [1.54, 1.807) is 0 Å². The van der Waals surface area contributed by atoms with Crippen LogP contribution in [0.5, 0.6) is 0 Å². The third kappa shape index (κ3) is 3.01. The van der Waals surface area contributed by atoms with Gasteiger partial charge in [-0.25, -0.2) is 0 Å². The topological polar surface area (TPSA) is 65.1 Å². The van der Waals surface area contributed by atoms with Crippen LogP contribution in [0.15, 0.2) is 11.1 Å². The summed E-state index contributed by atoms with van der Waals surface area (Å²) in [5.41, 5.74) is 8.02. The fourth-order valence-electron chi connectivity index (χ4n) is 1.64. The summed E-state index contributed by atoms with van der Waals surface area (Å²) in [5, 5.41) is 12.1. The molecule has 0 saturated heterocycles. The first kappa shape index (κ1) is 13.1. The van der Waals surface area contributed by atoms with Crippen molar-refractivity contribution in [2.75, 3.05) is 20.1 Å². The van der Waals surface area contributed by atoms with Gasteiger partial charge >= 0.3 is 0 Å². The van der Waals surface area contributed by atoms with Crippen molar-refractivity contribution in [2.24, 2.45) is 5.73 Å². The highest BCUT2D eigenvalue weighted by Gasteiger charge is 2.19. The van der Waals surface area contributed by atoms with Gasteiger partial charge in [-0.3, -0.25) is 0 Å². The number of nitrogens with two attached hydrogens (primary N) is 1. The molecule has 0 amide bonds. The molecule has 1 aliphatic heterocycles. The average Bonchev–Trinajstić information content (AvgIpc) is 2.28. The molecule has 0 spiro atoms. The second-order valence-corrected chi connectivity index (χ2v) is 4.39. The van der Waals surface area contributed by atoms with Gasteiger partial charge in [0, 0.05) is 19.2 Å². The van der Waals surface area contributed by atoms with Crippen LogP contribution < -0.4 is 11.1 Å². The molecule has 0 aromatic carbocycles. The highest BCUT2D eigenvalue weighted by Crippen LogP contribution is 2.19. The Morgan fingerprint density at radius 3 is 3.00 bits per heavy atom. The van der Waals surface area contributed by atoms with Gasteiger partial charge in [0.25, 0.3) is 0 Å². The van der Waals surface area contributed by atoms with Gasteiger partial charge in [0.2, 0.25) is 0 Å². The largest absolute Gasteiger partial charge is 0.351 e. The van der Waals surface area contributed by atoms with Gasteiger partial charge in [-0.2, -0.15) is 5.26 Å². The lowest BCUT2D eigenvalue weighted by Gasteiger charge is -2.29. The van der Waals surface area contributed by atoms with Crippen molar-refractivity contribution >= 4 is 17.2 Å². The zero-order valence-electron chi connectivity index (χ0n) is 9.79. The van der Waals surface area contributed by atoms with Crippen molar-refractivity contribution in [1.82, 2.24) is 10.2 Å². The second-order valence-electron chi connectivity index (χ2n) is 4.00. The van der Waals surface area contributed by atoms with Crippen LogP contribution in [0.4, 0.5) is 0 Å². The van der Waals surface area contributed by atoms with E-state index in [4.69, 9.17) is 23.2 Å². The van der Waals surface area contributed by atoms with Gasteiger partial charge in [0.15, 0.2) is 0 Å². The van der Waals surface area contributed by atoms with Crippen LogP contribution in [0.3, 0.4) is 0 Å². The molecule has 1 heterocycles. The minimum atomic E-state index is -0.106. The lowest BCUT2D eigenvalue weighted by Crippen LogP contribution is -2.43. The fraction of sp³-hybridized carbons (Fsp3) is 0.636. The molecule has 0 bridgehead atoms. The van der Waals surface area contributed by atoms with Crippen molar-refractivity contribution in [3.63, 3.8) is 0 Å². The van der Waals surface area contributed by atoms with Gasteiger partial charge in [-0.1, -0.05) is 12.2 Å². The van der Waals surface area contributed by atoms with Gasteiger partial charge in [-0.15, -0.1) is 0 Å². The van der Waals surface area contributed by atoms with E-state index in [9.17, 15) is 0 Å². The molecule has 0 fully saturated rings. The Kier molecular flexibility index (Phi) is 4.87. The monoisotopic (exact) mass is 238 g/mol. The number of thiocarbonyl (C=S) groups is 1. The van der Waals surface area contributed by atoms with E-state index >= 15 is 0 Å². The summed E-state index contributed by atoms with van der Waals surface area (Å²) in [7, 11) is 1.89. The Hall–Kier alpha value is -0.960. The van der Waals surface area contributed by atoms with Crippen molar-refractivity contribution in [1.29, 1.82) is 5.26 Å². The fourth-order valence-corrected chi connectivity index (χ4v) is 2.03. The van der Waals surface area contributed by atoms with Crippen LogP contribution in [-0.4, -0.2) is 36.2 Å². The Morgan fingerprint density at radius 1 is 1.75 bits per heavy atom. The quantitative estimate of drug-likeness (QED) is 0.561. The Labute approximate surface area is 102 Å². The normalized spacial score (nSPS) is 17.9. The first-order valence-electron chi connectivity index (χ1n) is 5.39. The van der Waals surface area contributed by atoms with Gasteiger partial charge < -0.3 is 16.0 Å². The highest BCUT2D eigenvalue weighted by atomic mass is 32.1. The number of nitrogens with zero attached hydrogens (tertiary/aromatic N) is 2. The van der Waals surface area contributed by atoms with Crippen LogP contribution in [-0.2, 0) is 0 Å². The van der Waals surface area contributed by atoms with Gasteiger partial charge in [-0.05, 0) is 25.5 Å². The van der Waals surface area contributed by atoms with E-state index in [0.29, 0.717) is 6.42 Å². The number of hydrogen-bond acceptors (Lipinski definition) is 4. The van der Waals surface area contributed by atoms with E-state index in [2.05, 4.69) is 11.4 Å². The summed E-state index contributed by atoms with van der Waals surface area (Å²) in [6.07, 6.45) is 1.25. The molecule has 0 aromatic rings. The van der Waals surface area contributed by atoms with Crippen LogP contribution in [0.1, 0.15) is 19.8 Å². The zero-order valence-corrected chi connectivity index (χ0v) is 10.6. The minimum Gasteiger partial charge on any atom is -0.351 e. The first-order valence-corrected chi connectivity index (χ1v) is 5.80. The number of rotatable bonds is 3. The zero-order chi connectivity index (χ0) is 12.1.